The molecule has 2 heterocycles. The van der Waals surface area contributed by atoms with Crippen molar-refractivity contribution >= 4 is 46.0 Å². The third-order valence-electron chi connectivity index (χ3n) is 5.66. The number of rotatable bonds is 8. The van der Waals surface area contributed by atoms with Crippen LogP contribution < -0.4 is 10.6 Å². The van der Waals surface area contributed by atoms with Crippen LogP contribution in [-0.2, 0) is 9.47 Å². The number of ether oxygens (including phenoxy) is 2. The first kappa shape index (κ1) is 45.9. The zero-order valence-corrected chi connectivity index (χ0v) is 31.9. The molecule has 0 saturated carbocycles. The number of hydrogen-bond acceptors (Lipinski definition) is 14. The molecule has 0 amide bonds. The van der Waals surface area contributed by atoms with Crippen molar-refractivity contribution in [3.8, 4) is 0 Å². The van der Waals surface area contributed by atoms with E-state index in [2.05, 4.69) is 40.9 Å². The smallest absolute Gasteiger partial charge is 0.291 e. The number of benzene rings is 2. The van der Waals surface area contributed by atoms with Crippen LogP contribution in [0, 0.1) is 60.2 Å². The Hall–Kier alpha value is -3.10. The Labute approximate surface area is 324 Å². The molecule has 2 atom stereocenters. The molecule has 2 fully saturated rings. The minimum atomic E-state index is -1.50. The van der Waals surface area contributed by atoms with Gasteiger partial charge in [0.15, 0.2) is 12.5 Å². The topological polar surface area (TPSA) is 266 Å². The molecule has 20 nitrogen and oxygen atoms in total. The molecule has 2 saturated heterocycles. The van der Waals surface area contributed by atoms with Crippen LogP contribution in [0.3, 0.4) is 0 Å². The van der Waals surface area contributed by atoms with Gasteiger partial charge in [0.2, 0.25) is 10.2 Å². The Balaban J connectivity index is 0.000000759. The number of aliphatic hydroxyl groups is 2. The van der Waals surface area contributed by atoms with Crippen LogP contribution in [0.1, 0.15) is 0 Å². The molecule has 4 rings (SSSR count). The predicted molar refractivity (Wildman–Crippen MR) is 179 cm³/mol. The van der Waals surface area contributed by atoms with E-state index in [1.165, 1.54) is 0 Å². The summed E-state index contributed by atoms with van der Waals surface area (Å²) in [7, 11) is 0. The van der Waals surface area contributed by atoms with E-state index >= 15 is 0 Å². The zero-order valence-electron chi connectivity index (χ0n) is 26.1. The number of azo groups is 2. The quantitative estimate of drug-likeness (QED) is 0.0960. The number of morpholine rings is 2. The summed E-state index contributed by atoms with van der Waals surface area (Å²) < 4.78 is 10.5. The van der Waals surface area contributed by atoms with Crippen LogP contribution in [-0.4, -0.2) is 129 Å². The van der Waals surface area contributed by atoms with Gasteiger partial charge in [-0.2, -0.15) is 10.2 Å². The third kappa shape index (κ3) is 27.4. The molecule has 2 aromatic rings. The molecule has 0 bridgehead atoms. The Bertz CT molecular complexity index is 1170. The number of hydrogen-bond donors (Lipinski definition) is 6. The Morgan fingerprint density at radius 1 is 0.714 bits per heavy atom. The Morgan fingerprint density at radius 3 is 1.29 bits per heavy atom. The van der Waals surface area contributed by atoms with Crippen molar-refractivity contribution in [2.75, 3.05) is 76.3 Å². The predicted octanol–water partition coefficient (Wildman–Crippen LogP) is 2.28. The van der Waals surface area contributed by atoms with Gasteiger partial charge in [-0.25, -0.2) is 0 Å². The standard InChI is InChI=1S/2C13H18N4O2S.2HNO3.Th/c2*18-12(10-17-6-8-19-9-7-17)15-16-13(20)14-11-4-2-1-3-5-11;2*2-1(3)4;/h2*1-5,12,18H,6-10H2,(H,14,20);2*(H,2,3,4);/b2*16-15+;;;. The summed E-state index contributed by atoms with van der Waals surface area (Å²) in [6, 6.07) is 19.0. The normalized spacial score (nSPS) is 15.7. The maximum atomic E-state index is 9.79. The number of aliphatic hydroxyl groups excluding tert-OH is 2. The van der Waals surface area contributed by atoms with E-state index in [0.29, 0.717) is 39.5 Å². The van der Waals surface area contributed by atoms with Crippen LogP contribution in [0.4, 0.5) is 11.4 Å². The van der Waals surface area contributed by atoms with E-state index in [9.17, 15) is 10.2 Å². The first-order valence-electron chi connectivity index (χ1n) is 14.1. The maximum Gasteiger partial charge on any atom is 0.291 e. The summed E-state index contributed by atoms with van der Waals surface area (Å²) >= 11 is 10.1. The van der Waals surface area contributed by atoms with Gasteiger partial charge in [0, 0.05) is 90.6 Å². The summed E-state index contributed by atoms with van der Waals surface area (Å²) in [5, 5.41) is 68.4. The molecule has 2 aliphatic heterocycles. The van der Waals surface area contributed by atoms with Gasteiger partial charge in [0.25, 0.3) is 10.2 Å². The average Bonchev–Trinajstić information content (AvgIpc) is 3.05. The van der Waals surface area contributed by atoms with Crippen LogP contribution in [0.2, 0.25) is 0 Å². The number of para-hydroxylation sites is 2. The number of nitrogens with zero attached hydrogens (tertiary/aromatic N) is 8. The molecule has 23 heteroatoms. The van der Waals surface area contributed by atoms with Crippen LogP contribution in [0.5, 0.6) is 0 Å². The number of nitrogens with one attached hydrogen (secondary N) is 2. The van der Waals surface area contributed by atoms with Crippen LogP contribution >= 0.6 is 24.4 Å². The summed E-state index contributed by atoms with van der Waals surface area (Å²) in [5.74, 6) is 0. The second-order valence-electron chi connectivity index (χ2n) is 9.29. The fraction of sp³-hybridized carbons (Fsp3) is 0.462. The first-order valence-corrected chi connectivity index (χ1v) is 14.9. The second-order valence-corrected chi connectivity index (χ2v) is 10.1. The van der Waals surface area contributed by atoms with Crippen LogP contribution in [0.15, 0.2) is 81.1 Å². The molecule has 49 heavy (non-hydrogen) atoms. The third-order valence-corrected chi connectivity index (χ3v) is 6.03. The van der Waals surface area contributed by atoms with Crippen molar-refractivity contribution in [3.05, 3.63) is 80.9 Å². The van der Waals surface area contributed by atoms with Crippen molar-refractivity contribution in [2.24, 2.45) is 20.5 Å². The molecule has 0 radical (unpaired) electrons. The summed E-state index contributed by atoms with van der Waals surface area (Å²) in [6.45, 7) is 6.88. The van der Waals surface area contributed by atoms with E-state index in [1.54, 1.807) is 0 Å². The van der Waals surface area contributed by atoms with E-state index in [-0.39, 0.29) is 50.2 Å². The van der Waals surface area contributed by atoms with Crippen molar-refractivity contribution in [1.82, 2.24) is 9.80 Å². The summed E-state index contributed by atoms with van der Waals surface area (Å²) in [6.07, 6.45) is -1.74. The zero-order chi connectivity index (χ0) is 35.6. The minimum absolute atomic E-state index is 0. The molecular weight excluding hydrogens is 909 g/mol. The average molecular weight is 947 g/mol. The van der Waals surface area contributed by atoms with Crippen molar-refractivity contribution < 1.29 is 80.2 Å². The second kappa shape index (κ2) is 28.7. The monoisotopic (exact) mass is 946 g/mol. The molecule has 2 aliphatic rings. The molecule has 2 unspecified atom stereocenters. The van der Waals surface area contributed by atoms with Gasteiger partial charge in [-0.1, -0.05) is 36.4 Å². The van der Waals surface area contributed by atoms with E-state index < -0.39 is 22.6 Å². The van der Waals surface area contributed by atoms with Gasteiger partial charge in [-0.15, -0.1) is 30.5 Å². The van der Waals surface area contributed by atoms with Crippen LogP contribution in [0.25, 0.3) is 0 Å². The van der Waals surface area contributed by atoms with E-state index in [0.717, 1.165) is 37.6 Å². The van der Waals surface area contributed by atoms with Crippen molar-refractivity contribution in [2.45, 2.75) is 12.5 Å². The molecule has 6 N–H and O–H groups in total. The van der Waals surface area contributed by atoms with Gasteiger partial charge < -0.3 is 40.7 Å². The maximum absolute atomic E-state index is 9.79. The molecule has 2 aromatic carbocycles. The number of anilines is 2. The summed E-state index contributed by atoms with van der Waals surface area (Å²) in [5.41, 5.74) is 1.69. The Kier molecular flexibility index (Phi) is 26.9. The Morgan fingerprint density at radius 2 is 1.00 bits per heavy atom. The molecule has 268 valence electrons. The first-order chi connectivity index (χ1) is 22.9. The van der Waals surface area contributed by atoms with Gasteiger partial charge >= 0.3 is 0 Å². The molecule has 0 aliphatic carbocycles. The van der Waals surface area contributed by atoms with E-state index in [1.807, 2.05) is 60.7 Å². The minimum Gasteiger partial charge on any atom is -0.379 e. The SMILES string of the molecule is O=[N+]([O-])O.O=[N+]([O-])O.OC(CN1CCOCC1)/N=N/C(=S)Nc1ccccc1.OC(CN1CCOCC1)/N=N/C(=S)Nc1ccccc1.[Th]. The number of thiocarbonyl (C=S) groups is 2. The summed E-state index contributed by atoms with van der Waals surface area (Å²) in [4.78, 5) is 20.9. The van der Waals surface area contributed by atoms with Gasteiger partial charge in [-0.3, -0.25) is 9.80 Å². The number of β-amino-alcohol motifs (C(OH)–C–C–N with tert-alkyl or cyclic N) is 2. The largest absolute Gasteiger partial charge is 0.379 e. The molecular formula is C26H38N10O10S2Th. The molecule has 0 spiro atoms. The van der Waals surface area contributed by atoms with Crippen molar-refractivity contribution in [3.63, 3.8) is 0 Å². The molecule has 0 aromatic heterocycles. The fourth-order valence-corrected chi connectivity index (χ4v) is 4.01. The van der Waals surface area contributed by atoms with Gasteiger partial charge in [-0.05, 0) is 48.7 Å². The van der Waals surface area contributed by atoms with Crippen molar-refractivity contribution in [1.29, 1.82) is 0 Å². The van der Waals surface area contributed by atoms with Gasteiger partial charge in [0.05, 0.1) is 26.4 Å². The van der Waals surface area contributed by atoms with E-state index in [4.69, 9.17) is 64.6 Å². The fourth-order valence-electron chi connectivity index (χ4n) is 3.68. The van der Waals surface area contributed by atoms with Gasteiger partial charge in [0.1, 0.15) is 0 Å².